The lowest BCUT2D eigenvalue weighted by molar-refractivity contribution is -0.384. The van der Waals surface area contributed by atoms with Gasteiger partial charge in [-0.2, -0.15) is 0 Å². The molecule has 0 amide bonds. The fourth-order valence-corrected chi connectivity index (χ4v) is 2.31. The smallest absolute Gasteiger partial charge is 0.280 e. The second-order valence-corrected chi connectivity index (χ2v) is 5.22. The fourth-order valence-electron chi connectivity index (χ4n) is 2.31. The van der Waals surface area contributed by atoms with Crippen molar-refractivity contribution in [2.75, 3.05) is 0 Å². The van der Waals surface area contributed by atoms with Crippen LogP contribution in [0.1, 0.15) is 16.1 Å². The van der Waals surface area contributed by atoms with Crippen molar-refractivity contribution in [2.24, 2.45) is 0 Å². The SMILES string of the molecule is O=C(/C=C/c1ccc(-c2ccccc2[N+](=O)[O-])o1)c1ccc(O)cc1. The first-order valence-corrected chi connectivity index (χ1v) is 7.39. The number of aromatic hydroxyl groups is 1. The lowest BCUT2D eigenvalue weighted by Gasteiger charge is -1.98. The van der Waals surface area contributed by atoms with Crippen LogP contribution in [0.5, 0.6) is 5.75 Å². The van der Waals surface area contributed by atoms with Crippen molar-refractivity contribution in [3.63, 3.8) is 0 Å². The summed E-state index contributed by atoms with van der Waals surface area (Å²) in [6.45, 7) is 0. The Hall–Kier alpha value is -3.67. The van der Waals surface area contributed by atoms with E-state index in [1.54, 1.807) is 30.3 Å². The van der Waals surface area contributed by atoms with Gasteiger partial charge in [0.05, 0.1) is 10.5 Å². The fraction of sp³-hybridized carbons (Fsp3) is 0. The highest BCUT2D eigenvalue weighted by Gasteiger charge is 2.16. The molecule has 3 aromatic rings. The van der Waals surface area contributed by atoms with Crippen molar-refractivity contribution in [2.45, 2.75) is 0 Å². The maximum Gasteiger partial charge on any atom is 0.280 e. The van der Waals surface area contributed by atoms with Crippen LogP contribution < -0.4 is 0 Å². The summed E-state index contributed by atoms with van der Waals surface area (Å²) in [7, 11) is 0. The number of ketones is 1. The third-order valence-electron chi connectivity index (χ3n) is 3.54. The number of hydrogen-bond donors (Lipinski definition) is 1. The summed E-state index contributed by atoms with van der Waals surface area (Å²) < 4.78 is 5.58. The predicted octanol–water partition coefficient (Wildman–Crippen LogP) is 4.46. The minimum absolute atomic E-state index is 0.0486. The molecule has 0 saturated carbocycles. The molecular formula is C19H13NO5. The zero-order valence-corrected chi connectivity index (χ0v) is 13.0. The molecule has 6 heteroatoms. The van der Waals surface area contributed by atoms with Crippen LogP contribution in [0.4, 0.5) is 5.69 Å². The Kier molecular flexibility index (Phi) is 4.43. The van der Waals surface area contributed by atoms with Crippen LogP contribution >= 0.6 is 0 Å². The summed E-state index contributed by atoms with van der Waals surface area (Å²) >= 11 is 0. The number of hydrogen-bond acceptors (Lipinski definition) is 5. The van der Waals surface area contributed by atoms with Gasteiger partial charge in [0.25, 0.3) is 5.69 Å². The second kappa shape index (κ2) is 6.84. The Labute approximate surface area is 142 Å². The molecule has 0 radical (unpaired) electrons. The Morgan fingerprint density at radius 1 is 1.04 bits per heavy atom. The number of rotatable bonds is 5. The Balaban J connectivity index is 1.81. The lowest BCUT2D eigenvalue weighted by atomic mass is 10.1. The van der Waals surface area contributed by atoms with E-state index in [1.807, 2.05) is 0 Å². The summed E-state index contributed by atoms with van der Waals surface area (Å²) in [6.07, 6.45) is 2.84. The largest absolute Gasteiger partial charge is 0.508 e. The number of carbonyl (C=O) groups excluding carboxylic acids is 1. The number of nitro groups is 1. The van der Waals surface area contributed by atoms with E-state index in [1.165, 1.54) is 42.5 Å². The van der Waals surface area contributed by atoms with Crippen molar-refractivity contribution in [1.29, 1.82) is 0 Å². The van der Waals surface area contributed by atoms with E-state index in [4.69, 9.17) is 4.42 Å². The van der Waals surface area contributed by atoms with Gasteiger partial charge >= 0.3 is 0 Å². The number of allylic oxidation sites excluding steroid dienone is 1. The van der Waals surface area contributed by atoms with Gasteiger partial charge in [0.15, 0.2) is 5.78 Å². The van der Waals surface area contributed by atoms with Crippen LogP contribution in [-0.4, -0.2) is 15.8 Å². The van der Waals surface area contributed by atoms with Crippen LogP contribution in [0.15, 0.2) is 71.2 Å². The second-order valence-electron chi connectivity index (χ2n) is 5.22. The van der Waals surface area contributed by atoms with Crippen LogP contribution in [0.25, 0.3) is 17.4 Å². The minimum atomic E-state index is -0.471. The Morgan fingerprint density at radius 2 is 1.76 bits per heavy atom. The van der Waals surface area contributed by atoms with E-state index in [0.717, 1.165) is 0 Å². The first-order valence-electron chi connectivity index (χ1n) is 7.39. The monoisotopic (exact) mass is 335 g/mol. The zero-order valence-electron chi connectivity index (χ0n) is 13.0. The first-order chi connectivity index (χ1) is 12.0. The van der Waals surface area contributed by atoms with E-state index in [0.29, 0.717) is 22.6 Å². The van der Waals surface area contributed by atoms with E-state index < -0.39 is 4.92 Å². The van der Waals surface area contributed by atoms with Gasteiger partial charge in [-0.3, -0.25) is 14.9 Å². The number of nitro benzene ring substituents is 1. The van der Waals surface area contributed by atoms with Gasteiger partial charge in [0.1, 0.15) is 17.3 Å². The number of benzene rings is 2. The van der Waals surface area contributed by atoms with Gasteiger partial charge in [-0.15, -0.1) is 0 Å². The van der Waals surface area contributed by atoms with Gasteiger partial charge < -0.3 is 9.52 Å². The van der Waals surface area contributed by atoms with Gasteiger partial charge in [-0.25, -0.2) is 0 Å². The normalized spacial score (nSPS) is 10.9. The molecule has 0 unspecified atom stereocenters. The molecular weight excluding hydrogens is 322 g/mol. The van der Waals surface area contributed by atoms with Crippen molar-refractivity contribution in [1.82, 2.24) is 0 Å². The number of nitrogens with zero attached hydrogens (tertiary/aromatic N) is 1. The highest BCUT2D eigenvalue weighted by molar-refractivity contribution is 6.06. The molecule has 2 aromatic carbocycles. The number of phenols is 1. The number of para-hydroxylation sites is 1. The van der Waals surface area contributed by atoms with Crippen molar-refractivity contribution < 1.29 is 19.2 Å². The summed E-state index contributed by atoms with van der Waals surface area (Å²) in [5, 5.41) is 20.3. The van der Waals surface area contributed by atoms with Gasteiger partial charge in [0.2, 0.25) is 0 Å². The molecule has 0 atom stereocenters. The molecule has 0 aliphatic carbocycles. The molecule has 0 bridgehead atoms. The van der Waals surface area contributed by atoms with Crippen LogP contribution in [0.2, 0.25) is 0 Å². The van der Waals surface area contributed by atoms with Crippen LogP contribution in [0, 0.1) is 10.1 Å². The molecule has 0 spiro atoms. The van der Waals surface area contributed by atoms with E-state index in [2.05, 4.69) is 0 Å². The lowest BCUT2D eigenvalue weighted by Crippen LogP contribution is -1.92. The van der Waals surface area contributed by atoms with Crippen molar-refractivity contribution in [3.05, 3.63) is 88.2 Å². The molecule has 1 N–H and O–H groups in total. The highest BCUT2D eigenvalue weighted by atomic mass is 16.6. The molecule has 124 valence electrons. The summed E-state index contributed by atoms with van der Waals surface area (Å²) in [5.41, 5.74) is 0.754. The highest BCUT2D eigenvalue weighted by Crippen LogP contribution is 2.31. The third-order valence-corrected chi connectivity index (χ3v) is 3.54. The summed E-state index contributed by atoms with van der Waals surface area (Å²) in [5.74, 6) is 0.591. The van der Waals surface area contributed by atoms with Gasteiger partial charge in [-0.05, 0) is 54.6 Å². The average Bonchev–Trinajstić information content (AvgIpc) is 3.09. The molecule has 0 aliphatic rings. The van der Waals surface area contributed by atoms with Gasteiger partial charge in [-0.1, -0.05) is 12.1 Å². The number of carbonyl (C=O) groups is 1. The summed E-state index contributed by atoms with van der Waals surface area (Å²) in [6, 6.07) is 15.4. The molecule has 0 saturated heterocycles. The Morgan fingerprint density at radius 3 is 2.48 bits per heavy atom. The van der Waals surface area contributed by atoms with Crippen molar-refractivity contribution in [3.8, 4) is 17.1 Å². The predicted molar refractivity (Wildman–Crippen MR) is 92.3 cm³/mol. The van der Waals surface area contributed by atoms with Crippen LogP contribution in [-0.2, 0) is 0 Å². The van der Waals surface area contributed by atoms with E-state index in [-0.39, 0.29) is 17.2 Å². The molecule has 3 rings (SSSR count). The number of furan rings is 1. The molecule has 0 aliphatic heterocycles. The molecule has 0 fully saturated rings. The summed E-state index contributed by atoms with van der Waals surface area (Å²) in [4.78, 5) is 22.7. The first kappa shape index (κ1) is 16.2. The van der Waals surface area contributed by atoms with Crippen LogP contribution in [0.3, 0.4) is 0 Å². The molecule has 25 heavy (non-hydrogen) atoms. The topological polar surface area (TPSA) is 93.6 Å². The maximum atomic E-state index is 12.1. The third kappa shape index (κ3) is 3.64. The zero-order chi connectivity index (χ0) is 17.8. The molecule has 6 nitrogen and oxygen atoms in total. The van der Waals surface area contributed by atoms with Crippen molar-refractivity contribution >= 4 is 17.5 Å². The average molecular weight is 335 g/mol. The quantitative estimate of drug-likeness (QED) is 0.321. The molecule has 1 aromatic heterocycles. The van der Waals surface area contributed by atoms with E-state index >= 15 is 0 Å². The van der Waals surface area contributed by atoms with Gasteiger partial charge in [0, 0.05) is 11.6 Å². The number of phenolic OH excluding ortho intramolecular Hbond substituents is 1. The molecule has 1 heterocycles. The standard InChI is InChI=1S/C19H13NO5/c21-14-7-5-13(6-8-14)18(22)11-9-15-10-12-19(25-15)16-3-1-2-4-17(16)20(23)24/h1-12,21H/b11-9+. The van der Waals surface area contributed by atoms with E-state index in [9.17, 15) is 20.0 Å². The Bertz CT molecular complexity index is 954. The minimum Gasteiger partial charge on any atom is -0.508 e. The maximum absolute atomic E-state index is 12.1.